The zero-order chi connectivity index (χ0) is 15.6. The number of nitrogens with zero attached hydrogens (tertiary/aromatic N) is 2. The lowest BCUT2D eigenvalue weighted by atomic mass is 10.2. The average molecular weight is 316 g/mol. The highest BCUT2D eigenvalue weighted by atomic mass is 35.5. The normalized spacial score (nSPS) is 10.8. The smallest absolute Gasteiger partial charge is 0.280 e. The summed E-state index contributed by atoms with van der Waals surface area (Å²) in [4.78, 5) is 19.3. The SMILES string of the molecule is Cc1nc(C(=O)Nc2ccc(F)c(Cl)c2)cc(C(F)F)n1. The summed E-state index contributed by atoms with van der Waals surface area (Å²) >= 11 is 5.58. The van der Waals surface area contributed by atoms with Crippen LogP contribution < -0.4 is 5.32 Å². The van der Waals surface area contributed by atoms with Gasteiger partial charge in [0, 0.05) is 5.69 Å². The van der Waals surface area contributed by atoms with E-state index in [2.05, 4.69) is 15.3 Å². The fraction of sp³-hybridized carbons (Fsp3) is 0.154. The number of halogens is 4. The van der Waals surface area contributed by atoms with Gasteiger partial charge in [-0.15, -0.1) is 0 Å². The summed E-state index contributed by atoms with van der Waals surface area (Å²) in [6, 6.07) is 4.48. The Morgan fingerprint density at radius 2 is 2.00 bits per heavy atom. The second-order valence-electron chi connectivity index (χ2n) is 4.11. The van der Waals surface area contributed by atoms with Crippen LogP contribution in [0.5, 0.6) is 0 Å². The van der Waals surface area contributed by atoms with Crippen molar-refractivity contribution < 1.29 is 18.0 Å². The van der Waals surface area contributed by atoms with Crippen molar-refractivity contribution in [2.75, 3.05) is 5.32 Å². The minimum Gasteiger partial charge on any atom is -0.321 e. The maximum absolute atomic E-state index is 13.0. The molecule has 8 heteroatoms. The highest BCUT2D eigenvalue weighted by Gasteiger charge is 2.16. The van der Waals surface area contributed by atoms with E-state index in [1.54, 1.807) is 0 Å². The van der Waals surface area contributed by atoms with Crippen LogP contribution in [0.1, 0.15) is 28.4 Å². The molecule has 0 radical (unpaired) electrons. The van der Waals surface area contributed by atoms with Crippen LogP contribution in [0.4, 0.5) is 18.9 Å². The first-order chi connectivity index (χ1) is 9.86. The number of aromatic nitrogens is 2. The number of anilines is 1. The molecule has 2 rings (SSSR count). The van der Waals surface area contributed by atoms with Crippen LogP contribution >= 0.6 is 11.6 Å². The Hall–Kier alpha value is -2.15. The minimum atomic E-state index is -2.81. The number of carbonyl (C=O) groups is 1. The number of carbonyl (C=O) groups excluding carboxylic acids is 1. The van der Waals surface area contributed by atoms with Crippen LogP contribution in [0.2, 0.25) is 5.02 Å². The van der Waals surface area contributed by atoms with Gasteiger partial charge in [0.2, 0.25) is 0 Å². The number of alkyl halides is 2. The molecule has 0 aliphatic rings. The van der Waals surface area contributed by atoms with Crippen molar-refractivity contribution in [3.8, 4) is 0 Å². The number of aryl methyl sites for hydroxylation is 1. The number of nitrogens with one attached hydrogen (secondary N) is 1. The quantitative estimate of drug-likeness (QED) is 0.938. The van der Waals surface area contributed by atoms with Crippen LogP contribution in [0.3, 0.4) is 0 Å². The molecule has 4 nitrogen and oxygen atoms in total. The molecule has 0 spiro atoms. The van der Waals surface area contributed by atoms with Crippen molar-refractivity contribution in [2.24, 2.45) is 0 Å². The third-order valence-corrected chi connectivity index (χ3v) is 2.78. The van der Waals surface area contributed by atoms with Crippen LogP contribution in [0, 0.1) is 12.7 Å². The molecule has 0 unspecified atom stereocenters. The molecule has 0 atom stereocenters. The van der Waals surface area contributed by atoms with Gasteiger partial charge in [0.15, 0.2) is 0 Å². The topological polar surface area (TPSA) is 54.9 Å². The summed E-state index contributed by atoms with van der Waals surface area (Å²) in [5.41, 5.74) is -0.524. The molecule has 1 amide bonds. The first-order valence-electron chi connectivity index (χ1n) is 5.77. The van der Waals surface area contributed by atoms with E-state index in [0.29, 0.717) is 0 Å². The van der Waals surface area contributed by atoms with E-state index in [0.717, 1.165) is 12.1 Å². The Kier molecular flexibility index (Phi) is 4.42. The minimum absolute atomic E-state index is 0.0510. The van der Waals surface area contributed by atoms with Gasteiger partial charge in [-0.25, -0.2) is 23.1 Å². The van der Waals surface area contributed by atoms with Crippen molar-refractivity contribution in [2.45, 2.75) is 13.3 Å². The molecule has 0 saturated heterocycles. The second kappa shape index (κ2) is 6.09. The summed E-state index contributed by atoms with van der Waals surface area (Å²) < 4.78 is 38.3. The number of hydrogen-bond acceptors (Lipinski definition) is 3. The lowest BCUT2D eigenvalue weighted by molar-refractivity contribution is 0.102. The van der Waals surface area contributed by atoms with E-state index in [4.69, 9.17) is 11.6 Å². The van der Waals surface area contributed by atoms with E-state index >= 15 is 0 Å². The maximum Gasteiger partial charge on any atom is 0.280 e. The van der Waals surface area contributed by atoms with Gasteiger partial charge in [0.1, 0.15) is 23.0 Å². The van der Waals surface area contributed by atoms with E-state index in [1.165, 1.54) is 19.1 Å². The van der Waals surface area contributed by atoms with Gasteiger partial charge in [0.05, 0.1) is 5.02 Å². The lowest BCUT2D eigenvalue weighted by Crippen LogP contribution is -2.15. The van der Waals surface area contributed by atoms with Gasteiger partial charge in [-0.2, -0.15) is 0 Å². The van der Waals surface area contributed by atoms with Gasteiger partial charge in [0.25, 0.3) is 12.3 Å². The zero-order valence-electron chi connectivity index (χ0n) is 10.7. The van der Waals surface area contributed by atoms with Crippen molar-refractivity contribution in [1.82, 2.24) is 9.97 Å². The highest BCUT2D eigenvalue weighted by molar-refractivity contribution is 6.31. The largest absolute Gasteiger partial charge is 0.321 e. The fourth-order valence-corrected chi connectivity index (χ4v) is 1.77. The molecule has 0 fully saturated rings. The summed E-state index contributed by atoms with van der Waals surface area (Å²) in [6.07, 6.45) is -2.81. The lowest BCUT2D eigenvalue weighted by Gasteiger charge is -2.07. The Bertz CT molecular complexity index is 694. The number of hydrogen-bond donors (Lipinski definition) is 1. The molecule has 1 heterocycles. The first-order valence-corrected chi connectivity index (χ1v) is 6.14. The monoisotopic (exact) mass is 315 g/mol. The highest BCUT2D eigenvalue weighted by Crippen LogP contribution is 2.21. The van der Waals surface area contributed by atoms with Crippen LogP contribution in [0.25, 0.3) is 0 Å². The van der Waals surface area contributed by atoms with Crippen molar-refractivity contribution >= 4 is 23.2 Å². The van der Waals surface area contributed by atoms with E-state index in [-0.39, 0.29) is 22.2 Å². The predicted octanol–water partition coefficient (Wildman–Crippen LogP) is 3.77. The summed E-state index contributed by atoms with van der Waals surface area (Å²) in [5.74, 6) is -1.30. The van der Waals surface area contributed by atoms with Crippen LogP contribution in [-0.2, 0) is 0 Å². The third kappa shape index (κ3) is 3.69. The van der Waals surface area contributed by atoms with Gasteiger partial charge in [-0.1, -0.05) is 11.6 Å². The van der Waals surface area contributed by atoms with Gasteiger partial charge >= 0.3 is 0 Å². The Morgan fingerprint density at radius 3 is 2.62 bits per heavy atom. The number of benzene rings is 1. The maximum atomic E-state index is 13.0. The molecule has 0 saturated carbocycles. The van der Waals surface area contributed by atoms with E-state index < -0.39 is 23.8 Å². The summed E-state index contributed by atoms with van der Waals surface area (Å²) in [7, 11) is 0. The van der Waals surface area contributed by atoms with Crippen molar-refractivity contribution in [3.63, 3.8) is 0 Å². The predicted molar refractivity (Wildman–Crippen MR) is 71.1 cm³/mol. The number of amides is 1. The molecule has 21 heavy (non-hydrogen) atoms. The fourth-order valence-electron chi connectivity index (χ4n) is 1.59. The molecule has 0 bridgehead atoms. The average Bonchev–Trinajstić information content (AvgIpc) is 2.42. The molecular weight excluding hydrogens is 307 g/mol. The standard InChI is InChI=1S/C13H9ClF3N3O/c1-6-18-10(12(16)17)5-11(19-6)13(21)20-7-2-3-9(15)8(14)4-7/h2-5,12H,1H3,(H,20,21). The molecule has 110 valence electrons. The zero-order valence-corrected chi connectivity index (χ0v) is 11.5. The molecule has 1 N–H and O–H groups in total. The molecular formula is C13H9ClF3N3O. The molecule has 1 aromatic carbocycles. The van der Waals surface area contributed by atoms with Crippen LogP contribution in [0.15, 0.2) is 24.3 Å². The van der Waals surface area contributed by atoms with Gasteiger partial charge in [-0.05, 0) is 31.2 Å². The molecule has 0 aliphatic heterocycles. The van der Waals surface area contributed by atoms with Gasteiger partial charge < -0.3 is 5.32 Å². The molecule has 0 aliphatic carbocycles. The van der Waals surface area contributed by atoms with E-state index in [9.17, 15) is 18.0 Å². The Morgan fingerprint density at radius 1 is 1.29 bits per heavy atom. The first kappa shape index (κ1) is 15.2. The van der Waals surface area contributed by atoms with Crippen molar-refractivity contribution in [1.29, 1.82) is 0 Å². The van der Waals surface area contributed by atoms with Crippen LogP contribution in [-0.4, -0.2) is 15.9 Å². The summed E-state index contributed by atoms with van der Waals surface area (Å²) in [6.45, 7) is 1.40. The molecule has 2 aromatic rings. The summed E-state index contributed by atoms with van der Waals surface area (Å²) in [5, 5.41) is 2.23. The Balaban J connectivity index is 2.25. The van der Waals surface area contributed by atoms with Gasteiger partial charge in [-0.3, -0.25) is 4.79 Å². The molecule has 1 aromatic heterocycles. The Labute approximate surface area is 123 Å². The second-order valence-corrected chi connectivity index (χ2v) is 4.52. The third-order valence-electron chi connectivity index (χ3n) is 2.49. The van der Waals surface area contributed by atoms with E-state index in [1.807, 2.05) is 0 Å². The number of rotatable bonds is 3. The van der Waals surface area contributed by atoms with Crippen molar-refractivity contribution in [3.05, 3.63) is 52.3 Å².